The normalized spacial score (nSPS) is 28.4. The first kappa shape index (κ1) is 92.7. The molecule has 0 amide bonds. The Labute approximate surface area is 817 Å². The SMILES string of the molecule is Cc1cccc2c1N1C(C)c3cnn(C)c3C1(C)C(C)(C)C2(C)C.Cc1cccc2c1N1C(C)c3cnn(C)c3C1(C)C(C)(C)C2(C)C.Cc1ccccc1N1C(C)c2cnn(C)c2C12C1CC3CC(C1)CC2C3.Cc1ccccc1N1C(C)c2cnn(C)c2C12CCCC2.Cc1ccccc1N1C(C)c2cnn(C)c2C12CCCCC2.Cc1ccccc1N1C(C)c2cnoc2C12CCCC2. The first-order valence-electron chi connectivity index (χ1n) is 52.5. The van der Waals surface area contributed by atoms with E-state index in [-0.39, 0.29) is 54.9 Å². The number of para-hydroxylation sites is 6. The molecule has 6 aromatic carbocycles. The molecule has 4 bridgehead atoms. The van der Waals surface area contributed by atoms with Gasteiger partial charge in [-0.05, 0) is 271 Å². The number of fused-ring (bicyclic) bond motifs is 17. The van der Waals surface area contributed by atoms with Gasteiger partial charge >= 0.3 is 0 Å². The summed E-state index contributed by atoms with van der Waals surface area (Å²) in [6.07, 6.45) is 36.1. The lowest BCUT2D eigenvalue weighted by molar-refractivity contribution is -0.0635. The summed E-state index contributed by atoms with van der Waals surface area (Å²) in [6, 6.07) is 51.2. The van der Waals surface area contributed by atoms with E-state index in [4.69, 9.17) is 9.62 Å². The third-order valence-electron chi connectivity index (χ3n) is 40.1. The molecule has 15 aliphatic rings. The van der Waals surface area contributed by atoms with Crippen LogP contribution in [-0.2, 0) is 79.3 Å². The smallest absolute Gasteiger partial charge is 0.167 e. The van der Waals surface area contributed by atoms with Gasteiger partial charge in [-0.2, -0.15) is 25.5 Å². The summed E-state index contributed by atoms with van der Waals surface area (Å²) < 4.78 is 16.4. The minimum atomic E-state index is -0.0877. The fraction of sp³-hybridized carbons (Fsp3) is 0.546. The summed E-state index contributed by atoms with van der Waals surface area (Å²) in [5.74, 6) is 4.66. The van der Waals surface area contributed by atoms with Crippen LogP contribution in [0.4, 0.5) is 34.1 Å². The molecule has 7 aliphatic carbocycles. The van der Waals surface area contributed by atoms with Crippen molar-refractivity contribution >= 4 is 34.1 Å². The molecule has 8 unspecified atom stereocenters. The fourth-order valence-corrected chi connectivity index (χ4v) is 32.4. The highest BCUT2D eigenvalue weighted by molar-refractivity contribution is 5.75. The van der Waals surface area contributed by atoms with Crippen molar-refractivity contribution in [1.82, 2.24) is 54.1 Å². The van der Waals surface area contributed by atoms with E-state index in [0.29, 0.717) is 36.3 Å². The molecule has 14 heterocycles. The van der Waals surface area contributed by atoms with Crippen molar-refractivity contribution in [2.45, 2.75) is 348 Å². The third-order valence-corrected chi connectivity index (χ3v) is 40.1. The summed E-state index contributed by atoms with van der Waals surface area (Å²) in [7, 11) is 10.6. The van der Waals surface area contributed by atoms with E-state index >= 15 is 0 Å². The molecule has 0 radical (unpaired) electrons. The Kier molecular flexibility index (Phi) is 22.2. The fourth-order valence-electron chi connectivity index (χ4n) is 32.4. The molecule has 4 spiro atoms. The summed E-state index contributed by atoms with van der Waals surface area (Å²) in [5.41, 5.74) is 35.7. The van der Waals surface area contributed by atoms with Crippen LogP contribution in [0.5, 0.6) is 0 Å². The zero-order chi connectivity index (χ0) is 96.6. The highest BCUT2D eigenvalue weighted by Gasteiger charge is 2.70. The first-order chi connectivity index (χ1) is 65.3. The molecule has 7 fully saturated rings. The van der Waals surface area contributed by atoms with Gasteiger partial charge in [0, 0.05) is 114 Å². The van der Waals surface area contributed by atoms with Gasteiger partial charge in [0.15, 0.2) is 5.76 Å². The molecule has 6 aromatic heterocycles. The molecule has 137 heavy (non-hydrogen) atoms. The number of aryl methyl sites for hydroxylation is 11. The first-order valence-corrected chi connectivity index (χ1v) is 52.5. The molecule has 18 heteroatoms. The van der Waals surface area contributed by atoms with Crippen LogP contribution < -0.4 is 29.4 Å². The number of hydrogen-bond donors (Lipinski definition) is 0. The monoisotopic (exact) mass is 1840 g/mol. The Morgan fingerprint density at radius 2 is 0.569 bits per heavy atom. The van der Waals surface area contributed by atoms with Crippen LogP contribution in [0.15, 0.2) is 175 Å². The summed E-state index contributed by atoms with van der Waals surface area (Å²) >= 11 is 0. The molecular weight excluding hydrogens is 1680 g/mol. The lowest BCUT2D eigenvalue weighted by Gasteiger charge is -2.63. The van der Waals surface area contributed by atoms with Crippen LogP contribution in [-0.4, -0.2) is 54.1 Å². The Morgan fingerprint density at radius 3 is 0.942 bits per heavy atom. The number of benzene rings is 6. The van der Waals surface area contributed by atoms with E-state index in [9.17, 15) is 0 Å². The van der Waals surface area contributed by atoms with Crippen molar-refractivity contribution in [3.63, 3.8) is 0 Å². The van der Waals surface area contributed by atoms with E-state index < -0.39 is 0 Å². The van der Waals surface area contributed by atoms with Gasteiger partial charge in [0.1, 0.15) is 5.54 Å². The van der Waals surface area contributed by atoms with Crippen molar-refractivity contribution in [3.05, 3.63) is 283 Å². The lowest BCUT2D eigenvalue weighted by atomic mass is 9.47. The molecule has 8 aliphatic heterocycles. The topological polar surface area (TPSA) is 135 Å². The molecule has 8 atom stereocenters. The summed E-state index contributed by atoms with van der Waals surface area (Å²) in [4.78, 5) is 16.2. The second-order valence-corrected chi connectivity index (χ2v) is 47.2. The van der Waals surface area contributed by atoms with Crippen molar-refractivity contribution in [2.24, 2.45) is 69.7 Å². The van der Waals surface area contributed by atoms with Crippen LogP contribution in [0.25, 0.3) is 0 Å². The van der Waals surface area contributed by atoms with Gasteiger partial charge < -0.3 is 33.9 Å². The zero-order valence-electron chi connectivity index (χ0n) is 87.7. The van der Waals surface area contributed by atoms with Gasteiger partial charge in [0.25, 0.3) is 0 Å². The Balaban J connectivity index is 0.0000000983. The standard InChI is InChI=1S/C23H29N3.2C21H29N3.C19H25N3.C18H23N3.C17H20N2O/c1-14-6-4-5-7-21(14)26-15(2)20-13-24-25(3)22(20)23(26)18-9-16-8-17(11-18)12-19(23)10-16;2*1-13-10-9-11-16-17(13)24-14(2)15-12-22-23(8)18(15)21(24,7)20(5,6)19(16,3)4;1-14-9-5-6-10-17(14)22-15(2)16-13-20-21(3)18(16)19(22)11-7-4-8-12-19;1-13-8-4-5-9-16(13)21-14(2)15-12-19-20(3)17(15)18(21)10-6-7-11-18;1-12-7-3-4-8-15(12)19-13(2)14-11-18-20-16(14)17(19)9-5-6-10-17/h4-7,13,15-19H,8-12H2,1-3H3;2*9-12,14H,1-8H3;5-6,9-10,13,15H,4,7-8,11-12H2,1-3H3;4-5,8-9,12,14H,6-7,10-11H2,1-3H3;3-4,7-8,11,13H,5-6,9-10H2,1-2H3. The van der Waals surface area contributed by atoms with Crippen LogP contribution in [0.2, 0.25) is 0 Å². The maximum absolute atomic E-state index is 5.68. The molecule has 722 valence electrons. The van der Waals surface area contributed by atoms with Gasteiger partial charge in [-0.15, -0.1) is 0 Å². The second-order valence-electron chi connectivity index (χ2n) is 47.2. The molecule has 7 saturated carbocycles. The molecular formula is C119H155N17O. The van der Waals surface area contributed by atoms with E-state index in [2.05, 4.69) is 430 Å². The number of nitrogens with zero attached hydrogens (tertiary/aromatic N) is 17. The van der Waals surface area contributed by atoms with Gasteiger partial charge in [0.05, 0.1) is 130 Å². The maximum Gasteiger partial charge on any atom is 0.167 e. The Bertz CT molecular complexity index is 6430. The van der Waals surface area contributed by atoms with Crippen LogP contribution in [0, 0.1) is 76.0 Å². The number of aromatic nitrogens is 11. The highest BCUT2D eigenvalue weighted by atomic mass is 16.5. The van der Waals surface area contributed by atoms with Crippen molar-refractivity contribution in [2.75, 3.05) is 29.4 Å². The average Bonchev–Trinajstić information content (AvgIpc) is 1.49. The van der Waals surface area contributed by atoms with E-state index in [1.165, 1.54) is 250 Å². The van der Waals surface area contributed by atoms with Gasteiger partial charge in [0.2, 0.25) is 0 Å². The van der Waals surface area contributed by atoms with E-state index in [0.717, 1.165) is 29.4 Å². The Morgan fingerprint density at radius 1 is 0.285 bits per heavy atom. The predicted molar refractivity (Wildman–Crippen MR) is 557 cm³/mol. The van der Waals surface area contributed by atoms with Crippen molar-refractivity contribution in [3.8, 4) is 0 Å². The molecule has 0 N–H and O–H groups in total. The number of anilines is 6. The lowest BCUT2D eigenvalue weighted by Crippen LogP contribution is -2.62. The number of rotatable bonds is 4. The highest BCUT2D eigenvalue weighted by Crippen LogP contribution is 2.73. The van der Waals surface area contributed by atoms with E-state index in [1.807, 2.05) is 6.20 Å². The van der Waals surface area contributed by atoms with Crippen LogP contribution in [0.1, 0.15) is 375 Å². The maximum atomic E-state index is 5.68. The van der Waals surface area contributed by atoms with Crippen LogP contribution in [0.3, 0.4) is 0 Å². The largest absolute Gasteiger partial charge is 0.358 e. The van der Waals surface area contributed by atoms with Crippen LogP contribution >= 0.6 is 0 Å². The van der Waals surface area contributed by atoms with Gasteiger partial charge in [-0.3, -0.25) is 23.4 Å². The minimum Gasteiger partial charge on any atom is -0.358 e. The molecule has 0 saturated heterocycles. The molecule has 18 nitrogen and oxygen atoms in total. The predicted octanol–water partition coefficient (Wildman–Crippen LogP) is 27.5. The Hall–Kier alpha value is -10.6. The second kappa shape index (κ2) is 32.7. The van der Waals surface area contributed by atoms with Gasteiger partial charge in [-0.25, -0.2) is 0 Å². The zero-order valence-corrected chi connectivity index (χ0v) is 87.7. The minimum absolute atomic E-state index is 0.0391. The van der Waals surface area contributed by atoms with E-state index in [1.54, 1.807) is 5.69 Å². The molecule has 12 aromatic rings. The number of hydrogen-bond acceptors (Lipinski definition) is 13. The van der Waals surface area contributed by atoms with Crippen molar-refractivity contribution in [1.29, 1.82) is 0 Å². The summed E-state index contributed by atoms with van der Waals surface area (Å²) in [5, 5.41) is 27.1. The molecule has 27 rings (SSSR count). The van der Waals surface area contributed by atoms with Crippen molar-refractivity contribution < 1.29 is 4.52 Å². The van der Waals surface area contributed by atoms with Gasteiger partial charge in [-0.1, -0.05) is 215 Å². The average molecular weight is 1840 g/mol. The summed E-state index contributed by atoms with van der Waals surface area (Å²) in [6.45, 7) is 51.7. The third kappa shape index (κ3) is 12.7. The quantitative estimate of drug-likeness (QED) is 0.166.